The topological polar surface area (TPSA) is 52.5 Å². The second-order valence-corrected chi connectivity index (χ2v) is 8.97. The van der Waals surface area contributed by atoms with E-state index in [1.54, 1.807) is 28.4 Å². The summed E-state index contributed by atoms with van der Waals surface area (Å²) in [7, 11) is 6.67. The zero-order chi connectivity index (χ0) is 26.2. The highest BCUT2D eigenvalue weighted by atomic mass is 16.5. The summed E-state index contributed by atoms with van der Waals surface area (Å²) in [6.45, 7) is 2.22. The van der Waals surface area contributed by atoms with Crippen LogP contribution in [0.2, 0.25) is 0 Å². The first-order valence-electron chi connectivity index (χ1n) is 12.7. The van der Waals surface area contributed by atoms with Gasteiger partial charge in [0.15, 0.2) is 0 Å². The third-order valence-corrected chi connectivity index (χ3v) is 6.65. The van der Waals surface area contributed by atoms with E-state index in [4.69, 9.17) is 24.0 Å². The molecule has 0 bridgehead atoms. The summed E-state index contributed by atoms with van der Waals surface area (Å²) < 4.78 is 22.1. The highest BCUT2D eigenvalue weighted by molar-refractivity contribution is 6.01. The number of nitrogens with zero attached hydrogens (tertiary/aromatic N) is 2. The number of benzene rings is 3. The number of hydrogen-bond acceptors (Lipinski definition) is 6. The highest BCUT2D eigenvalue weighted by Crippen LogP contribution is 2.41. The lowest BCUT2D eigenvalue weighted by Crippen LogP contribution is -2.19. The van der Waals surface area contributed by atoms with Gasteiger partial charge in [0.25, 0.3) is 0 Å². The van der Waals surface area contributed by atoms with Crippen LogP contribution in [0.25, 0.3) is 6.08 Å². The van der Waals surface area contributed by atoms with Crippen LogP contribution in [-0.2, 0) is 6.42 Å². The number of methoxy groups -OCH3 is 4. The predicted molar refractivity (Wildman–Crippen MR) is 150 cm³/mol. The molecular weight excluding hydrogens is 464 g/mol. The van der Waals surface area contributed by atoms with Gasteiger partial charge in [0.2, 0.25) is 0 Å². The molecule has 1 heterocycles. The minimum Gasteiger partial charge on any atom is -0.497 e. The van der Waals surface area contributed by atoms with E-state index in [-0.39, 0.29) is 6.04 Å². The lowest BCUT2D eigenvalue weighted by molar-refractivity contribution is 0.388. The Morgan fingerprint density at radius 3 is 2.14 bits per heavy atom. The molecule has 1 aliphatic heterocycles. The van der Waals surface area contributed by atoms with Gasteiger partial charge in [-0.25, -0.2) is 0 Å². The first-order chi connectivity index (χ1) is 18.1. The zero-order valence-electron chi connectivity index (χ0n) is 22.4. The lowest BCUT2D eigenvalue weighted by atomic mass is 9.99. The van der Waals surface area contributed by atoms with Crippen LogP contribution in [0, 0.1) is 0 Å². The van der Waals surface area contributed by atoms with Gasteiger partial charge in [-0.15, -0.1) is 0 Å². The smallest absolute Gasteiger partial charge is 0.129 e. The molecule has 1 unspecified atom stereocenters. The molecule has 3 aromatic carbocycles. The highest BCUT2D eigenvalue weighted by Gasteiger charge is 2.30. The van der Waals surface area contributed by atoms with Gasteiger partial charge in [-0.3, -0.25) is 5.01 Å². The molecule has 6 nitrogen and oxygen atoms in total. The second kappa shape index (κ2) is 12.3. The minimum atomic E-state index is -0.0141. The predicted octanol–water partition coefficient (Wildman–Crippen LogP) is 7.08. The number of hydrazone groups is 1. The van der Waals surface area contributed by atoms with E-state index < -0.39 is 0 Å². The Balaban J connectivity index is 1.68. The van der Waals surface area contributed by atoms with Crippen LogP contribution in [-0.4, -0.2) is 34.2 Å². The van der Waals surface area contributed by atoms with Crippen molar-refractivity contribution in [1.29, 1.82) is 0 Å². The van der Waals surface area contributed by atoms with E-state index in [1.807, 2.05) is 36.4 Å². The molecule has 0 amide bonds. The Kier molecular flexibility index (Phi) is 8.72. The summed E-state index contributed by atoms with van der Waals surface area (Å²) in [5.74, 6) is 3.05. The first-order valence-corrected chi connectivity index (χ1v) is 12.7. The fraction of sp³-hybridized carbons (Fsp3) is 0.323. The summed E-state index contributed by atoms with van der Waals surface area (Å²) in [6, 6.07) is 20.5. The molecule has 194 valence electrons. The fourth-order valence-corrected chi connectivity index (χ4v) is 4.55. The van der Waals surface area contributed by atoms with E-state index in [0.29, 0.717) is 0 Å². The minimum absolute atomic E-state index is 0.0141. The molecule has 37 heavy (non-hydrogen) atoms. The maximum absolute atomic E-state index is 5.76. The summed E-state index contributed by atoms with van der Waals surface area (Å²) in [4.78, 5) is 0. The molecule has 1 aliphatic rings. The van der Waals surface area contributed by atoms with Crippen LogP contribution in [0.4, 0.5) is 5.69 Å². The number of aryl methyl sites for hydroxylation is 1. The van der Waals surface area contributed by atoms with Crippen molar-refractivity contribution in [3.05, 3.63) is 83.4 Å². The quantitative estimate of drug-likeness (QED) is 0.281. The fourth-order valence-electron chi connectivity index (χ4n) is 4.55. The summed E-state index contributed by atoms with van der Waals surface area (Å²) >= 11 is 0. The third kappa shape index (κ3) is 6.08. The molecule has 3 aromatic rings. The van der Waals surface area contributed by atoms with Crippen molar-refractivity contribution < 1.29 is 18.9 Å². The second-order valence-electron chi connectivity index (χ2n) is 8.97. The molecule has 6 heteroatoms. The molecule has 0 N–H and O–H groups in total. The Hall–Kier alpha value is -3.93. The van der Waals surface area contributed by atoms with Crippen LogP contribution in [0.3, 0.4) is 0 Å². The van der Waals surface area contributed by atoms with Gasteiger partial charge in [-0.2, -0.15) is 5.10 Å². The van der Waals surface area contributed by atoms with Gasteiger partial charge in [0, 0.05) is 29.7 Å². The molecule has 0 saturated carbocycles. The van der Waals surface area contributed by atoms with Crippen LogP contribution < -0.4 is 24.0 Å². The standard InChI is InChI=1S/C31H36N2O4/c1-6-7-8-22-9-14-25(15-10-22)33-29(28-18-17-27(35-3)21-31(28)37-5)19-24(32-33)13-11-23-12-16-26(34-2)20-30(23)36-4/h9-18,20-21,29H,6-8,19H2,1-5H3. The van der Waals surface area contributed by atoms with Gasteiger partial charge in [0.1, 0.15) is 23.0 Å². The van der Waals surface area contributed by atoms with E-state index in [2.05, 4.69) is 48.3 Å². The largest absolute Gasteiger partial charge is 0.497 e. The van der Waals surface area contributed by atoms with Crippen molar-refractivity contribution in [3.63, 3.8) is 0 Å². The van der Waals surface area contributed by atoms with Gasteiger partial charge in [-0.05, 0) is 67.0 Å². The molecule has 0 radical (unpaired) electrons. The van der Waals surface area contributed by atoms with E-state index >= 15 is 0 Å². The van der Waals surface area contributed by atoms with E-state index in [1.165, 1.54) is 18.4 Å². The first kappa shape index (κ1) is 26.1. The van der Waals surface area contributed by atoms with Gasteiger partial charge < -0.3 is 18.9 Å². The zero-order valence-corrected chi connectivity index (χ0v) is 22.4. The summed E-state index contributed by atoms with van der Waals surface area (Å²) in [5, 5.41) is 7.14. The van der Waals surface area contributed by atoms with Crippen LogP contribution in [0.15, 0.2) is 71.8 Å². The third-order valence-electron chi connectivity index (χ3n) is 6.65. The number of ether oxygens (including phenoxy) is 4. The van der Waals surface area contributed by atoms with Crippen LogP contribution in [0.1, 0.15) is 48.9 Å². The SMILES string of the molecule is CCCCc1ccc(N2N=C(C=Cc3ccc(OC)cc3OC)CC2c2ccc(OC)cc2OC)cc1. The molecule has 0 aromatic heterocycles. The normalized spacial score (nSPS) is 15.1. The number of hydrogen-bond donors (Lipinski definition) is 0. The maximum Gasteiger partial charge on any atom is 0.129 e. The van der Waals surface area contributed by atoms with Crippen molar-refractivity contribution in [1.82, 2.24) is 0 Å². The van der Waals surface area contributed by atoms with Crippen molar-refractivity contribution in [2.45, 2.75) is 38.6 Å². The monoisotopic (exact) mass is 500 g/mol. The van der Waals surface area contributed by atoms with Crippen LogP contribution in [0.5, 0.6) is 23.0 Å². The van der Waals surface area contributed by atoms with Crippen molar-refractivity contribution in [2.75, 3.05) is 33.4 Å². The molecule has 4 rings (SSSR count). The Morgan fingerprint density at radius 1 is 0.811 bits per heavy atom. The average molecular weight is 501 g/mol. The molecule has 0 fully saturated rings. The molecular formula is C31H36N2O4. The number of unbranched alkanes of at least 4 members (excludes halogenated alkanes) is 1. The Labute approximate surface area is 220 Å². The Bertz CT molecular complexity index is 1250. The van der Waals surface area contributed by atoms with Crippen molar-refractivity contribution in [2.24, 2.45) is 5.10 Å². The molecule has 0 saturated heterocycles. The molecule has 0 spiro atoms. The van der Waals surface area contributed by atoms with Crippen molar-refractivity contribution >= 4 is 17.5 Å². The van der Waals surface area contributed by atoms with Crippen molar-refractivity contribution in [3.8, 4) is 23.0 Å². The van der Waals surface area contributed by atoms with E-state index in [0.717, 1.165) is 58.4 Å². The van der Waals surface area contributed by atoms with Gasteiger partial charge >= 0.3 is 0 Å². The number of allylic oxidation sites excluding steroid dienone is 1. The molecule has 1 atom stereocenters. The average Bonchev–Trinajstić information content (AvgIpc) is 3.38. The van der Waals surface area contributed by atoms with Gasteiger partial charge in [-0.1, -0.05) is 25.5 Å². The number of anilines is 1. The summed E-state index contributed by atoms with van der Waals surface area (Å²) in [5.41, 5.74) is 5.39. The van der Waals surface area contributed by atoms with Crippen LogP contribution >= 0.6 is 0 Å². The maximum atomic E-state index is 5.76. The number of rotatable bonds is 11. The molecule has 0 aliphatic carbocycles. The lowest BCUT2D eigenvalue weighted by Gasteiger charge is -2.25. The van der Waals surface area contributed by atoms with Gasteiger partial charge in [0.05, 0.1) is 45.9 Å². The summed E-state index contributed by atoms with van der Waals surface area (Å²) in [6.07, 6.45) is 8.30. The van der Waals surface area contributed by atoms with E-state index in [9.17, 15) is 0 Å². The Morgan fingerprint density at radius 2 is 1.49 bits per heavy atom.